The summed E-state index contributed by atoms with van der Waals surface area (Å²) in [6, 6.07) is 5.58. The van der Waals surface area contributed by atoms with Crippen molar-refractivity contribution in [1.82, 2.24) is 25.1 Å². The average Bonchev–Trinajstić information content (AvgIpc) is 3.29. The van der Waals surface area contributed by atoms with Crippen LogP contribution in [0.25, 0.3) is 32.9 Å². The fourth-order valence-electron chi connectivity index (χ4n) is 4.53. The third kappa shape index (κ3) is 3.60. The highest BCUT2D eigenvalue weighted by Crippen LogP contribution is 2.42. The number of hydrogen-bond donors (Lipinski definition) is 1. The normalized spacial score (nSPS) is 14.3. The van der Waals surface area contributed by atoms with Crippen molar-refractivity contribution in [3.8, 4) is 11.1 Å². The molecule has 1 N–H and O–H groups in total. The van der Waals surface area contributed by atoms with Crippen LogP contribution in [0.2, 0.25) is 5.02 Å². The molecule has 0 radical (unpaired) electrons. The maximum Gasteiger partial charge on any atom is 0.227 e. The molecule has 0 saturated carbocycles. The van der Waals surface area contributed by atoms with Gasteiger partial charge in [0.25, 0.3) is 0 Å². The van der Waals surface area contributed by atoms with Crippen LogP contribution in [0.4, 0.5) is 16.2 Å². The van der Waals surface area contributed by atoms with Crippen molar-refractivity contribution >= 4 is 51.1 Å². The maximum absolute atomic E-state index is 16.3. The highest BCUT2D eigenvalue weighted by molar-refractivity contribution is 6.35. The number of hydrogen-bond acceptors (Lipinski definition) is 6. The van der Waals surface area contributed by atoms with E-state index in [0.29, 0.717) is 54.5 Å². The van der Waals surface area contributed by atoms with Gasteiger partial charge in [-0.05, 0) is 24.6 Å². The zero-order valence-electron chi connectivity index (χ0n) is 19.5. The zero-order chi connectivity index (χ0) is 24.1. The van der Waals surface area contributed by atoms with Crippen LogP contribution in [0, 0.1) is 12.7 Å². The molecule has 10 heteroatoms. The summed E-state index contributed by atoms with van der Waals surface area (Å²) < 4.78 is 16.3. The van der Waals surface area contributed by atoms with Gasteiger partial charge >= 0.3 is 0 Å². The van der Waals surface area contributed by atoms with E-state index in [0.717, 1.165) is 16.5 Å². The smallest absolute Gasteiger partial charge is 0.227 e. The van der Waals surface area contributed by atoms with Crippen molar-refractivity contribution in [3.05, 3.63) is 40.8 Å². The monoisotopic (exact) mass is 481 g/mol. The first-order chi connectivity index (χ1) is 16.3. The molecule has 1 aliphatic heterocycles. The van der Waals surface area contributed by atoms with Crippen LogP contribution >= 0.6 is 11.6 Å². The molecule has 0 spiro atoms. The number of nitrogens with one attached hydrogen (secondary N) is 1. The number of H-pyrrole nitrogens is 1. The topological polar surface area (TPSA) is 81.3 Å². The molecule has 1 amide bonds. The molecule has 5 rings (SSSR count). The Morgan fingerprint density at radius 1 is 1.12 bits per heavy atom. The minimum Gasteiger partial charge on any atom is -0.352 e. The summed E-state index contributed by atoms with van der Waals surface area (Å²) in [5.41, 5.74) is 2.89. The number of fused-ring (bicyclic) bond motifs is 2. The van der Waals surface area contributed by atoms with Crippen LogP contribution in [-0.4, -0.2) is 71.2 Å². The Balaban J connectivity index is 1.73. The number of aromatic nitrogens is 4. The SMILES string of the molecule is CC(=O)N1CCN(c2nc(N(C)C)nc3c(F)c(-c4c(C)ccc5[nH]ncc45)c(Cl)cc23)CC1. The number of aromatic amines is 1. The number of benzene rings is 2. The first-order valence-electron chi connectivity index (χ1n) is 11.1. The van der Waals surface area contributed by atoms with E-state index >= 15 is 4.39 Å². The summed E-state index contributed by atoms with van der Waals surface area (Å²) in [6.45, 7) is 5.83. The minimum absolute atomic E-state index is 0.0451. The van der Waals surface area contributed by atoms with Gasteiger partial charge in [0.1, 0.15) is 11.3 Å². The van der Waals surface area contributed by atoms with Crippen LogP contribution in [0.3, 0.4) is 0 Å². The van der Waals surface area contributed by atoms with Crippen LogP contribution < -0.4 is 9.80 Å². The molecule has 1 saturated heterocycles. The van der Waals surface area contributed by atoms with Gasteiger partial charge in [0, 0.05) is 69.1 Å². The predicted molar refractivity (Wildman–Crippen MR) is 133 cm³/mol. The second-order valence-corrected chi connectivity index (χ2v) is 9.17. The molecule has 2 aromatic heterocycles. The lowest BCUT2D eigenvalue weighted by Gasteiger charge is -2.35. The Labute approximate surface area is 201 Å². The number of piperazine rings is 1. The van der Waals surface area contributed by atoms with Crippen LogP contribution in [0.5, 0.6) is 0 Å². The van der Waals surface area contributed by atoms with E-state index in [1.165, 1.54) is 0 Å². The summed E-state index contributed by atoms with van der Waals surface area (Å²) in [7, 11) is 3.65. The average molecular weight is 482 g/mol. The number of aryl methyl sites for hydroxylation is 1. The van der Waals surface area contributed by atoms with E-state index in [1.807, 2.05) is 33.2 Å². The standard InChI is InChI=1S/C24H25ClFN7O/c1-13-5-6-18-16(12-27-30-18)19(13)20-17(25)11-15-22(21(20)26)28-24(31(3)4)29-23(15)33-9-7-32(8-10-33)14(2)34/h5-6,11-12H,7-10H2,1-4H3,(H,27,30). The Morgan fingerprint density at radius 2 is 1.85 bits per heavy atom. The number of carbonyl (C=O) groups excluding carboxylic acids is 1. The number of anilines is 2. The Bertz CT molecular complexity index is 1430. The van der Waals surface area contributed by atoms with Crippen LogP contribution in [0.15, 0.2) is 24.4 Å². The number of carbonyl (C=O) groups is 1. The summed E-state index contributed by atoms with van der Waals surface area (Å²) in [6.07, 6.45) is 1.68. The van der Waals surface area contributed by atoms with Gasteiger partial charge in [-0.1, -0.05) is 17.7 Å². The summed E-state index contributed by atoms with van der Waals surface area (Å²) in [5, 5.41) is 8.69. The van der Waals surface area contributed by atoms with Crippen molar-refractivity contribution < 1.29 is 9.18 Å². The van der Waals surface area contributed by atoms with E-state index in [4.69, 9.17) is 16.6 Å². The van der Waals surface area contributed by atoms with E-state index in [9.17, 15) is 4.79 Å². The lowest BCUT2D eigenvalue weighted by Crippen LogP contribution is -2.48. The largest absolute Gasteiger partial charge is 0.352 e. The maximum atomic E-state index is 16.3. The quantitative estimate of drug-likeness (QED) is 0.476. The van der Waals surface area contributed by atoms with Crippen molar-refractivity contribution in [2.24, 2.45) is 0 Å². The van der Waals surface area contributed by atoms with Gasteiger partial charge in [-0.15, -0.1) is 0 Å². The van der Waals surface area contributed by atoms with Gasteiger partial charge in [0.05, 0.1) is 16.7 Å². The predicted octanol–water partition coefficient (Wildman–Crippen LogP) is 4.01. The number of amides is 1. The molecule has 1 aliphatic rings. The first kappa shape index (κ1) is 22.3. The second kappa shape index (κ2) is 8.39. The fraction of sp³-hybridized carbons (Fsp3) is 0.333. The van der Waals surface area contributed by atoms with E-state index < -0.39 is 5.82 Å². The third-order valence-corrected chi connectivity index (χ3v) is 6.66. The van der Waals surface area contributed by atoms with Crippen LogP contribution in [0.1, 0.15) is 12.5 Å². The number of rotatable bonds is 3. The summed E-state index contributed by atoms with van der Waals surface area (Å²) >= 11 is 6.75. The molecule has 1 fully saturated rings. The lowest BCUT2D eigenvalue weighted by atomic mass is 9.95. The molecule has 34 heavy (non-hydrogen) atoms. The molecular weight excluding hydrogens is 457 g/mol. The molecule has 2 aromatic carbocycles. The Hall–Kier alpha value is -3.46. The third-order valence-electron chi connectivity index (χ3n) is 6.36. The highest BCUT2D eigenvalue weighted by atomic mass is 35.5. The zero-order valence-corrected chi connectivity index (χ0v) is 20.2. The molecule has 3 heterocycles. The van der Waals surface area contributed by atoms with Crippen molar-refractivity contribution in [1.29, 1.82) is 0 Å². The van der Waals surface area contributed by atoms with E-state index in [1.54, 1.807) is 29.0 Å². The molecule has 4 aromatic rings. The lowest BCUT2D eigenvalue weighted by molar-refractivity contribution is -0.129. The van der Waals surface area contributed by atoms with Crippen molar-refractivity contribution in [3.63, 3.8) is 0 Å². The molecule has 0 aliphatic carbocycles. The van der Waals surface area contributed by atoms with E-state index in [2.05, 4.69) is 20.1 Å². The Kier molecular flexibility index (Phi) is 5.51. The fourth-order valence-corrected chi connectivity index (χ4v) is 4.82. The van der Waals surface area contributed by atoms with Gasteiger partial charge in [-0.3, -0.25) is 9.89 Å². The summed E-state index contributed by atoms with van der Waals surface area (Å²) in [5.74, 6) is 0.571. The summed E-state index contributed by atoms with van der Waals surface area (Å²) in [4.78, 5) is 26.7. The van der Waals surface area contributed by atoms with E-state index in [-0.39, 0.29) is 16.4 Å². The molecule has 8 nitrogen and oxygen atoms in total. The first-order valence-corrected chi connectivity index (χ1v) is 11.4. The molecule has 0 unspecified atom stereocenters. The van der Waals surface area contributed by atoms with Gasteiger partial charge in [-0.25, -0.2) is 9.37 Å². The second-order valence-electron chi connectivity index (χ2n) is 8.77. The van der Waals surface area contributed by atoms with Crippen molar-refractivity contribution in [2.45, 2.75) is 13.8 Å². The molecular formula is C24H25ClFN7O. The van der Waals surface area contributed by atoms with Crippen LogP contribution in [-0.2, 0) is 4.79 Å². The molecule has 176 valence electrons. The van der Waals surface area contributed by atoms with Gasteiger partial charge in [-0.2, -0.15) is 10.1 Å². The number of halogens is 2. The molecule has 0 atom stereocenters. The minimum atomic E-state index is -0.492. The van der Waals surface area contributed by atoms with Gasteiger partial charge in [0.15, 0.2) is 5.82 Å². The molecule has 0 bridgehead atoms. The van der Waals surface area contributed by atoms with Gasteiger partial charge in [0.2, 0.25) is 11.9 Å². The van der Waals surface area contributed by atoms with Gasteiger partial charge < -0.3 is 14.7 Å². The van der Waals surface area contributed by atoms with Crippen molar-refractivity contribution in [2.75, 3.05) is 50.1 Å². The highest BCUT2D eigenvalue weighted by Gasteiger charge is 2.26. The Morgan fingerprint density at radius 3 is 2.53 bits per heavy atom. The number of nitrogens with zero attached hydrogens (tertiary/aromatic N) is 6.